The first-order valence-electron chi connectivity index (χ1n) is 6.44. The molecule has 102 valence electrons. The number of benzene rings is 1. The summed E-state index contributed by atoms with van der Waals surface area (Å²) in [5, 5.41) is 8.37. The largest absolute Gasteiger partial charge is 0.497 e. The normalized spacial score (nSPS) is 10.7. The number of ether oxygens (including phenoxy) is 1. The highest BCUT2D eigenvalue weighted by atomic mass is 32.1. The Morgan fingerprint density at radius 1 is 1.25 bits per heavy atom. The number of hydrogen-bond donors (Lipinski definition) is 1. The molecule has 0 aliphatic carbocycles. The van der Waals surface area contributed by atoms with Crippen LogP contribution in [-0.2, 0) is 0 Å². The van der Waals surface area contributed by atoms with Crippen LogP contribution in [0.3, 0.4) is 0 Å². The van der Waals surface area contributed by atoms with Crippen molar-refractivity contribution in [2.45, 2.75) is 6.92 Å². The molecule has 4 nitrogen and oxygen atoms in total. The summed E-state index contributed by atoms with van der Waals surface area (Å²) in [5.74, 6) is 2.40. The van der Waals surface area contributed by atoms with E-state index in [4.69, 9.17) is 4.74 Å². The van der Waals surface area contributed by atoms with E-state index in [1.165, 1.54) is 0 Å². The summed E-state index contributed by atoms with van der Waals surface area (Å²) in [5.41, 5.74) is 1.96. The van der Waals surface area contributed by atoms with E-state index in [-0.39, 0.29) is 0 Å². The van der Waals surface area contributed by atoms with Gasteiger partial charge in [0.15, 0.2) is 5.82 Å². The summed E-state index contributed by atoms with van der Waals surface area (Å²) >= 11 is 1.64. The van der Waals surface area contributed by atoms with Gasteiger partial charge < -0.3 is 10.1 Å². The summed E-state index contributed by atoms with van der Waals surface area (Å²) < 4.78 is 5.28. The molecular weight excluding hydrogens is 270 g/mol. The third-order valence-electron chi connectivity index (χ3n) is 3.03. The number of fused-ring (bicyclic) bond motifs is 1. The van der Waals surface area contributed by atoms with Crippen molar-refractivity contribution in [1.82, 2.24) is 9.97 Å². The zero-order valence-corrected chi connectivity index (χ0v) is 12.2. The van der Waals surface area contributed by atoms with Crippen LogP contribution in [0.5, 0.6) is 5.75 Å². The molecule has 0 radical (unpaired) electrons. The van der Waals surface area contributed by atoms with Crippen LogP contribution in [-0.4, -0.2) is 23.6 Å². The average Bonchev–Trinajstić information content (AvgIpc) is 3.01. The van der Waals surface area contributed by atoms with Crippen LogP contribution in [0.1, 0.15) is 6.92 Å². The number of aromatic nitrogens is 2. The number of anilines is 1. The lowest BCUT2D eigenvalue weighted by Crippen LogP contribution is -2.03. The number of nitrogens with one attached hydrogen (secondary N) is 1. The van der Waals surface area contributed by atoms with Gasteiger partial charge in [-0.25, -0.2) is 9.97 Å². The topological polar surface area (TPSA) is 47.0 Å². The highest BCUT2D eigenvalue weighted by molar-refractivity contribution is 7.08. The fourth-order valence-corrected chi connectivity index (χ4v) is 2.69. The van der Waals surface area contributed by atoms with Gasteiger partial charge in [-0.3, -0.25) is 0 Å². The lowest BCUT2D eigenvalue weighted by molar-refractivity contribution is 0.415. The zero-order chi connectivity index (χ0) is 13.9. The Kier molecular flexibility index (Phi) is 3.52. The van der Waals surface area contributed by atoms with Gasteiger partial charge in [0.05, 0.1) is 12.6 Å². The molecule has 0 aliphatic heterocycles. The van der Waals surface area contributed by atoms with Crippen LogP contribution in [0.25, 0.3) is 22.3 Å². The van der Waals surface area contributed by atoms with Crippen LogP contribution < -0.4 is 10.1 Å². The predicted molar refractivity (Wildman–Crippen MR) is 83.6 cm³/mol. The lowest BCUT2D eigenvalue weighted by Gasteiger charge is -2.10. The van der Waals surface area contributed by atoms with Gasteiger partial charge in [0.1, 0.15) is 11.6 Å². The van der Waals surface area contributed by atoms with Crippen LogP contribution >= 0.6 is 11.3 Å². The standard InChI is InChI=1S/C15H15N3OS/c1-3-16-15-12-8-11(19-2)4-5-13(12)17-14(18-15)10-6-7-20-9-10/h4-9H,3H2,1-2H3,(H,16,17,18). The van der Waals surface area contributed by atoms with Crippen LogP contribution in [0.4, 0.5) is 5.82 Å². The summed E-state index contributed by atoms with van der Waals surface area (Å²) in [6, 6.07) is 7.88. The third-order valence-corrected chi connectivity index (χ3v) is 3.71. The van der Waals surface area contributed by atoms with E-state index in [1.807, 2.05) is 29.6 Å². The maximum atomic E-state index is 5.28. The second-order valence-corrected chi connectivity index (χ2v) is 5.10. The van der Waals surface area contributed by atoms with E-state index in [0.29, 0.717) is 0 Å². The molecule has 2 aromatic heterocycles. The van der Waals surface area contributed by atoms with Crippen molar-refractivity contribution in [3.63, 3.8) is 0 Å². The predicted octanol–water partition coefficient (Wildman–Crippen LogP) is 3.80. The first-order chi connectivity index (χ1) is 9.81. The molecule has 1 aromatic carbocycles. The number of rotatable bonds is 4. The number of nitrogens with zero attached hydrogens (tertiary/aromatic N) is 2. The molecule has 2 heterocycles. The molecule has 0 saturated carbocycles. The minimum absolute atomic E-state index is 0.750. The fraction of sp³-hybridized carbons (Fsp3) is 0.200. The van der Waals surface area contributed by atoms with Gasteiger partial charge in [-0.15, -0.1) is 0 Å². The molecule has 0 fully saturated rings. The third kappa shape index (κ3) is 2.32. The molecule has 5 heteroatoms. The first kappa shape index (κ1) is 12.9. The number of thiophene rings is 1. The molecule has 0 amide bonds. The Balaban J connectivity index is 2.21. The lowest BCUT2D eigenvalue weighted by atomic mass is 10.2. The second-order valence-electron chi connectivity index (χ2n) is 4.32. The molecule has 0 saturated heterocycles. The maximum Gasteiger partial charge on any atom is 0.162 e. The average molecular weight is 285 g/mol. The van der Waals surface area contributed by atoms with E-state index >= 15 is 0 Å². The molecule has 3 aromatic rings. The first-order valence-corrected chi connectivity index (χ1v) is 7.38. The van der Waals surface area contributed by atoms with Gasteiger partial charge in [0.2, 0.25) is 0 Å². The summed E-state index contributed by atoms with van der Waals surface area (Å²) in [6.45, 7) is 2.87. The molecule has 0 spiro atoms. The van der Waals surface area contributed by atoms with Crippen molar-refractivity contribution >= 4 is 28.1 Å². The van der Waals surface area contributed by atoms with E-state index in [0.717, 1.165) is 40.4 Å². The molecule has 0 atom stereocenters. The quantitative estimate of drug-likeness (QED) is 0.792. The maximum absolute atomic E-state index is 5.28. The summed E-state index contributed by atoms with van der Waals surface area (Å²) in [4.78, 5) is 9.27. The smallest absolute Gasteiger partial charge is 0.162 e. The van der Waals surface area contributed by atoms with Crippen LogP contribution in [0.15, 0.2) is 35.0 Å². The molecular formula is C15H15N3OS. The Bertz CT molecular complexity index is 725. The number of hydrogen-bond acceptors (Lipinski definition) is 5. The van der Waals surface area contributed by atoms with Gasteiger partial charge in [0, 0.05) is 22.9 Å². The molecule has 0 bridgehead atoms. The van der Waals surface area contributed by atoms with E-state index in [2.05, 4.69) is 27.6 Å². The van der Waals surface area contributed by atoms with Crippen molar-refractivity contribution in [3.8, 4) is 17.1 Å². The van der Waals surface area contributed by atoms with Crippen molar-refractivity contribution in [1.29, 1.82) is 0 Å². The molecule has 0 aliphatic rings. The molecule has 1 N–H and O–H groups in total. The number of methoxy groups -OCH3 is 1. The SMILES string of the molecule is CCNc1nc(-c2ccsc2)nc2ccc(OC)cc12. The zero-order valence-electron chi connectivity index (χ0n) is 11.4. The molecule has 3 rings (SSSR count). The Labute approximate surface area is 121 Å². The summed E-state index contributed by atoms with van der Waals surface area (Å²) in [6.07, 6.45) is 0. The van der Waals surface area contributed by atoms with Gasteiger partial charge in [0.25, 0.3) is 0 Å². The monoisotopic (exact) mass is 285 g/mol. The molecule has 0 unspecified atom stereocenters. The van der Waals surface area contributed by atoms with E-state index in [1.54, 1.807) is 18.4 Å². The molecule has 20 heavy (non-hydrogen) atoms. The Hall–Kier alpha value is -2.14. The minimum Gasteiger partial charge on any atom is -0.497 e. The minimum atomic E-state index is 0.750. The van der Waals surface area contributed by atoms with Gasteiger partial charge in [-0.05, 0) is 36.6 Å². The van der Waals surface area contributed by atoms with Crippen molar-refractivity contribution in [2.75, 3.05) is 19.0 Å². The van der Waals surface area contributed by atoms with E-state index < -0.39 is 0 Å². The summed E-state index contributed by atoms with van der Waals surface area (Å²) in [7, 11) is 1.66. The fourth-order valence-electron chi connectivity index (χ4n) is 2.06. The van der Waals surface area contributed by atoms with Crippen molar-refractivity contribution in [2.24, 2.45) is 0 Å². The van der Waals surface area contributed by atoms with Gasteiger partial charge in [-0.2, -0.15) is 11.3 Å². The highest BCUT2D eigenvalue weighted by Crippen LogP contribution is 2.28. The second kappa shape index (κ2) is 5.46. The van der Waals surface area contributed by atoms with Crippen LogP contribution in [0, 0.1) is 0 Å². The Morgan fingerprint density at radius 2 is 2.15 bits per heavy atom. The van der Waals surface area contributed by atoms with Crippen LogP contribution in [0.2, 0.25) is 0 Å². The van der Waals surface area contributed by atoms with Crippen molar-refractivity contribution < 1.29 is 4.74 Å². The van der Waals surface area contributed by atoms with Gasteiger partial charge in [-0.1, -0.05) is 0 Å². The van der Waals surface area contributed by atoms with Gasteiger partial charge >= 0.3 is 0 Å². The Morgan fingerprint density at radius 3 is 2.85 bits per heavy atom. The van der Waals surface area contributed by atoms with E-state index in [9.17, 15) is 0 Å². The van der Waals surface area contributed by atoms with Crippen molar-refractivity contribution in [3.05, 3.63) is 35.0 Å². The highest BCUT2D eigenvalue weighted by Gasteiger charge is 2.10.